The number of rotatable bonds is 6. The van der Waals surface area contributed by atoms with Gasteiger partial charge in [0.15, 0.2) is 0 Å². The Morgan fingerprint density at radius 1 is 1.27 bits per heavy atom. The lowest BCUT2D eigenvalue weighted by Crippen LogP contribution is -1.88. The molecule has 0 aromatic rings. The molecule has 0 heterocycles. The molecule has 0 fully saturated rings. The zero-order valence-electron chi connectivity index (χ0n) is 10.1. The Hall–Kier alpha value is -0.690. The monoisotopic (exact) mass is 222 g/mol. The molecule has 0 saturated carbocycles. The Balaban J connectivity index is 4.57. The summed E-state index contributed by atoms with van der Waals surface area (Å²) in [7, 11) is 0. The van der Waals surface area contributed by atoms with Crippen LogP contribution in [-0.2, 0) is 0 Å². The van der Waals surface area contributed by atoms with Gasteiger partial charge in [0.1, 0.15) is 0 Å². The Morgan fingerprint density at radius 3 is 2.40 bits per heavy atom. The number of hydrogen-bond donors (Lipinski definition) is 1. The zero-order valence-corrected chi connectivity index (χ0v) is 11.0. The number of thiol groups is 1. The molecule has 0 nitrogen and oxygen atoms in total. The van der Waals surface area contributed by atoms with Crippen LogP contribution in [0.2, 0.25) is 0 Å². The Morgan fingerprint density at radius 2 is 1.93 bits per heavy atom. The van der Waals surface area contributed by atoms with E-state index in [-0.39, 0.29) is 0 Å². The molecule has 0 radical (unpaired) electrons. The molecule has 0 spiro atoms. The fourth-order valence-corrected chi connectivity index (χ4v) is 1.43. The largest absolute Gasteiger partial charge is 0.175 e. The molecule has 0 N–H and O–H groups in total. The molecule has 0 aromatic carbocycles. The summed E-state index contributed by atoms with van der Waals surface area (Å²) in [4.78, 5) is 0. The molecular weight excluding hydrogens is 200 g/mol. The molecule has 0 unspecified atom stereocenters. The first-order chi connectivity index (χ1) is 7.15. The standard InChI is InChI=1S/C14H22S/c1-5-7-8-12(3)9-10-14(11-15)13(4)6-2/h7-10,15H,4-6,11H2,1-3H3/b8-7+,12-9-,14-10+. The second-order valence-electron chi connectivity index (χ2n) is 3.53. The minimum absolute atomic E-state index is 0.758. The first kappa shape index (κ1) is 14.3. The van der Waals surface area contributed by atoms with Crippen molar-refractivity contribution in [3.8, 4) is 0 Å². The van der Waals surface area contributed by atoms with Crippen molar-refractivity contribution in [2.45, 2.75) is 33.6 Å². The third-order valence-corrected chi connectivity index (χ3v) is 2.56. The quantitative estimate of drug-likeness (QED) is 0.488. The van der Waals surface area contributed by atoms with Crippen molar-refractivity contribution in [3.05, 3.63) is 47.6 Å². The Bertz CT molecular complexity index is 280. The van der Waals surface area contributed by atoms with Gasteiger partial charge in [0.05, 0.1) is 0 Å². The fraction of sp³-hybridized carbons (Fsp3) is 0.429. The SMILES string of the molecule is C=C(CC)/C(=C/C=C(C)\C=C\CC)CS. The van der Waals surface area contributed by atoms with Gasteiger partial charge in [-0.05, 0) is 25.3 Å². The van der Waals surface area contributed by atoms with E-state index in [4.69, 9.17) is 0 Å². The molecule has 0 aromatic heterocycles. The van der Waals surface area contributed by atoms with Crippen molar-refractivity contribution in [2.24, 2.45) is 0 Å². The maximum Gasteiger partial charge on any atom is 0.0156 e. The molecule has 0 atom stereocenters. The van der Waals surface area contributed by atoms with Crippen LogP contribution in [0, 0.1) is 0 Å². The molecule has 84 valence electrons. The molecule has 15 heavy (non-hydrogen) atoms. The predicted octanol–water partition coefficient (Wildman–Crippen LogP) is 4.72. The average Bonchev–Trinajstić information content (AvgIpc) is 2.26. The zero-order chi connectivity index (χ0) is 11.7. The van der Waals surface area contributed by atoms with Gasteiger partial charge in [-0.25, -0.2) is 0 Å². The minimum Gasteiger partial charge on any atom is -0.175 e. The highest BCUT2D eigenvalue weighted by atomic mass is 32.1. The summed E-state index contributed by atoms with van der Waals surface area (Å²) in [5.74, 6) is 0.758. The summed E-state index contributed by atoms with van der Waals surface area (Å²) in [5, 5.41) is 0. The summed E-state index contributed by atoms with van der Waals surface area (Å²) in [5.41, 5.74) is 3.67. The third-order valence-electron chi connectivity index (χ3n) is 2.22. The maximum atomic E-state index is 4.31. The second kappa shape index (κ2) is 8.60. The molecule has 0 saturated heterocycles. The van der Waals surface area contributed by atoms with Gasteiger partial charge in [0, 0.05) is 5.75 Å². The summed E-state index contributed by atoms with van der Waals surface area (Å²) < 4.78 is 0. The van der Waals surface area contributed by atoms with E-state index < -0.39 is 0 Å². The van der Waals surface area contributed by atoms with E-state index in [0.717, 1.165) is 18.6 Å². The van der Waals surface area contributed by atoms with E-state index in [1.165, 1.54) is 16.7 Å². The van der Waals surface area contributed by atoms with E-state index >= 15 is 0 Å². The summed E-state index contributed by atoms with van der Waals surface area (Å²) in [6.07, 6.45) is 10.6. The van der Waals surface area contributed by atoms with Gasteiger partial charge >= 0.3 is 0 Å². The molecular formula is C14H22S. The lowest BCUT2D eigenvalue weighted by Gasteiger charge is -2.04. The van der Waals surface area contributed by atoms with Crippen LogP contribution in [0.15, 0.2) is 47.6 Å². The van der Waals surface area contributed by atoms with Gasteiger partial charge in [0.25, 0.3) is 0 Å². The lowest BCUT2D eigenvalue weighted by atomic mass is 10.1. The van der Waals surface area contributed by atoms with Crippen molar-refractivity contribution in [1.82, 2.24) is 0 Å². The lowest BCUT2D eigenvalue weighted by molar-refractivity contribution is 1.12. The molecule has 0 rings (SSSR count). The molecule has 0 amide bonds. The van der Waals surface area contributed by atoms with Crippen molar-refractivity contribution in [1.29, 1.82) is 0 Å². The van der Waals surface area contributed by atoms with E-state index in [2.05, 4.69) is 64.3 Å². The van der Waals surface area contributed by atoms with Crippen LogP contribution in [0.3, 0.4) is 0 Å². The van der Waals surface area contributed by atoms with Crippen LogP contribution >= 0.6 is 12.6 Å². The summed E-state index contributed by atoms with van der Waals surface area (Å²) in [6.45, 7) is 10.4. The van der Waals surface area contributed by atoms with Crippen molar-refractivity contribution in [2.75, 3.05) is 5.75 Å². The predicted molar refractivity (Wildman–Crippen MR) is 74.6 cm³/mol. The van der Waals surface area contributed by atoms with Gasteiger partial charge in [-0.1, -0.05) is 55.9 Å². The van der Waals surface area contributed by atoms with E-state index in [0.29, 0.717) is 0 Å². The van der Waals surface area contributed by atoms with Crippen LogP contribution < -0.4 is 0 Å². The fourth-order valence-electron chi connectivity index (χ4n) is 1.10. The molecule has 0 aliphatic rings. The van der Waals surface area contributed by atoms with Crippen LogP contribution in [-0.4, -0.2) is 5.75 Å². The number of allylic oxidation sites excluding steroid dienone is 6. The Labute approximate surface area is 99.9 Å². The van der Waals surface area contributed by atoms with Gasteiger partial charge in [-0.15, -0.1) is 0 Å². The second-order valence-corrected chi connectivity index (χ2v) is 3.84. The van der Waals surface area contributed by atoms with Crippen LogP contribution in [0.5, 0.6) is 0 Å². The topological polar surface area (TPSA) is 0 Å². The third kappa shape index (κ3) is 6.40. The van der Waals surface area contributed by atoms with Gasteiger partial charge < -0.3 is 0 Å². The van der Waals surface area contributed by atoms with Crippen molar-refractivity contribution >= 4 is 12.6 Å². The van der Waals surface area contributed by atoms with Crippen LogP contribution in [0.4, 0.5) is 0 Å². The molecule has 0 bridgehead atoms. The van der Waals surface area contributed by atoms with Gasteiger partial charge in [-0.2, -0.15) is 12.6 Å². The summed E-state index contributed by atoms with van der Waals surface area (Å²) in [6, 6.07) is 0. The van der Waals surface area contributed by atoms with Gasteiger partial charge in [-0.3, -0.25) is 0 Å². The summed E-state index contributed by atoms with van der Waals surface area (Å²) >= 11 is 4.31. The van der Waals surface area contributed by atoms with Crippen molar-refractivity contribution in [3.63, 3.8) is 0 Å². The highest BCUT2D eigenvalue weighted by molar-refractivity contribution is 7.80. The van der Waals surface area contributed by atoms with E-state index in [9.17, 15) is 0 Å². The van der Waals surface area contributed by atoms with Crippen LogP contribution in [0.1, 0.15) is 33.6 Å². The van der Waals surface area contributed by atoms with Crippen molar-refractivity contribution < 1.29 is 0 Å². The highest BCUT2D eigenvalue weighted by Gasteiger charge is 1.96. The van der Waals surface area contributed by atoms with Crippen LogP contribution in [0.25, 0.3) is 0 Å². The first-order valence-electron chi connectivity index (χ1n) is 5.48. The molecule has 0 aliphatic carbocycles. The van der Waals surface area contributed by atoms with E-state index in [1.54, 1.807) is 0 Å². The molecule has 1 heteroatoms. The maximum absolute atomic E-state index is 4.31. The number of hydrogen-bond acceptors (Lipinski definition) is 1. The van der Waals surface area contributed by atoms with Gasteiger partial charge in [0.2, 0.25) is 0 Å². The smallest absolute Gasteiger partial charge is 0.0156 e. The average molecular weight is 222 g/mol. The van der Waals surface area contributed by atoms with E-state index in [1.807, 2.05) is 0 Å². The normalized spacial score (nSPS) is 13.6. The first-order valence-corrected chi connectivity index (χ1v) is 6.11. The highest BCUT2D eigenvalue weighted by Crippen LogP contribution is 2.13. The molecule has 0 aliphatic heterocycles. The Kier molecular flexibility index (Phi) is 8.21. The minimum atomic E-state index is 0.758.